The lowest BCUT2D eigenvalue weighted by atomic mass is 10.1. The van der Waals surface area contributed by atoms with E-state index in [1.165, 1.54) is 6.42 Å². The van der Waals surface area contributed by atoms with Crippen molar-refractivity contribution >= 4 is 22.3 Å². The standard InChI is InChI=1S/C16H24N4/c1-3-10-20(4-2)11-9-19-15-7-8-18-16-12-13(17)5-6-14(15)16/h5-8,12H,3-4,9-11,17H2,1-2H3,(H,18,19). The van der Waals surface area contributed by atoms with Gasteiger partial charge >= 0.3 is 0 Å². The molecule has 0 spiro atoms. The molecule has 2 rings (SSSR count). The monoisotopic (exact) mass is 272 g/mol. The molecule has 0 unspecified atom stereocenters. The minimum absolute atomic E-state index is 0.752. The fourth-order valence-corrected chi connectivity index (χ4v) is 2.41. The molecule has 0 saturated heterocycles. The number of rotatable bonds is 7. The van der Waals surface area contributed by atoms with E-state index in [-0.39, 0.29) is 0 Å². The fourth-order valence-electron chi connectivity index (χ4n) is 2.41. The van der Waals surface area contributed by atoms with Crippen molar-refractivity contribution in [2.45, 2.75) is 20.3 Å². The average Bonchev–Trinajstić information content (AvgIpc) is 2.46. The molecule has 1 heterocycles. The highest BCUT2D eigenvalue weighted by molar-refractivity contribution is 5.92. The van der Waals surface area contributed by atoms with Crippen LogP contribution in [-0.2, 0) is 0 Å². The highest BCUT2D eigenvalue weighted by Crippen LogP contribution is 2.23. The molecule has 1 aromatic carbocycles. The van der Waals surface area contributed by atoms with Gasteiger partial charge in [0.25, 0.3) is 0 Å². The number of aromatic nitrogens is 1. The van der Waals surface area contributed by atoms with Crippen LogP contribution in [0.15, 0.2) is 30.5 Å². The van der Waals surface area contributed by atoms with Crippen molar-refractivity contribution in [1.29, 1.82) is 0 Å². The highest BCUT2D eigenvalue weighted by Gasteiger charge is 2.03. The first-order valence-electron chi connectivity index (χ1n) is 7.35. The van der Waals surface area contributed by atoms with Gasteiger partial charge in [0.05, 0.1) is 5.52 Å². The van der Waals surface area contributed by atoms with E-state index in [2.05, 4.69) is 29.0 Å². The minimum Gasteiger partial charge on any atom is -0.399 e. The van der Waals surface area contributed by atoms with Crippen LogP contribution in [0.1, 0.15) is 20.3 Å². The third-order valence-electron chi connectivity index (χ3n) is 3.50. The van der Waals surface area contributed by atoms with Crippen molar-refractivity contribution in [2.24, 2.45) is 0 Å². The fraction of sp³-hybridized carbons (Fsp3) is 0.438. The van der Waals surface area contributed by atoms with Crippen molar-refractivity contribution in [1.82, 2.24) is 9.88 Å². The topological polar surface area (TPSA) is 54.2 Å². The van der Waals surface area contributed by atoms with E-state index >= 15 is 0 Å². The maximum absolute atomic E-state index is 5.80. The molecule has 0 bridgehead atoms. The largest absolute Gasteiger partial charge is 0.399 e. The second-order valence-electron chi connectivity index (χ2n) is 5.00. The molecular formula is C16H24N4. The predicted octanol–water partition coefficient (Wildman–Crippen LogP) is 2.96. The van der Waals surface area contributed by atoms with Gasteiger partial charge in [-0.15, -0.1) is 0 Å². The van der Waals surface area contributed by atoms with Crippen LogP contribution in [0.5, 0.6) is 0 Å². The summed E-state index contributed by atoms with van der Waals surface area (Å²) in [7, 11) is 0. The summed E-state index contributed by atoms with van der Waals surface area (Å²) in [5.74, 6) is 0. The number of likely N-dealkylation sites (N-methyl/N-ethyl adjacent to an activating group) is 1. The molecule has 0 aliphatic carbocycles. The molecule has 20 heavy (non-hydrogen) atoms. The summed E-state index contributed by atoms with van der Waals surface area (Å²) < 4.78 is 0. The molecule has 1 aromatic heterocycles. The first kappa shape index (κ1) is 14.6. The summed E-state index contributed by atoms with van der Waals surface area (Å²) in [4.78, 5) is 6.81. The highest BCUT2D eigenvalue weighted by atomic mass is 15.1. The lowest BCUT2D eigenvalue weighted by Gasteiger charge is -2.20. The Morgan fingerprint density at radius 1 is 1.20 bits per heavy atom. The van der Waals surface area contributed by atoms with Gasteiger partial charge in [0.1, 0.15) is 0 Å². The van der Waals surface area contributed by atoms with Crippen molar-refractivity contribution < 1.29 is 0 Å². The molecule has 3 N–H and O–H groups in total. The van der Waals surface area contributed by atoms with Crippen LogP contribution >= 0.6 is 0 Å². The molecule has 0 aliphatic heterocycles. The summed E-state index contributed by atoms with van der Waals surface area (Å²) in [6, 6.07) is 7.89. The van der Waals surface area contributed by atoms with Gasteiger partial charge in [-0.25, -0.2) is 0 Å². The molecule has 0 fully saturated rings. The normalized spacial score (nSPS) is 11.2. The number of nitrogen functional groups attached to an aromatic ring is 1. The van der Waals surface area contributed by atoms with Gasteiger partial charge in [-0.1, -0.05) is 13.8 Å². The Kier molecular flexibility index (Phi) is 5.18. The third-order valence-corrected chi connectivity index (χ3v) is 3.50. The molecule has 4 nitrogen and oxygen atoms in total. The van der Waals surface area contributed by atoms with Crippen molar-refractivity contribution in [3.8, 4) is 0 Å². The summed E-state index contributed by atoms with van der Waals surface area (Å²) in [6.07, 6.45) is 3.03. The van der Waals surface area contributed by atoms with Gasteiger partial charge in [0.15, 0.2) is 0 Å². The Bertz CT molecular complexity index is 553. The smallest absolute Gasteiger partial charge is 0.0743 e. The van der Waals surface area contributed by atoms with Crippen LogP contribution in [0.4, 0.5) is 11.4 Å². The third kappa shape index (κ3) is 3.61. The molecule has 0 atom stereocenters. The molecule has 4 heteroatoms. The number of fused-ring (bicyclic) bond motifs is 1. The second-order valence-corrected chi connectivity index (χ2v) is 5.00. The van der Waals surface area contributed by atoms with Crippen LogP contribution in [0.2, 0.25) is 0 Å². The lowest BCUT2D eigenvalue weighted by molar-refractivity contribution is 0.300. The van der Waals surface area contributed by atoms with E-state index in [0.717, 1.165) is 48.5 Å². The van der Waals surface area contributed by atoms with E-state index in [4.69, 9.17) is 5.73 Å². The van der Waals surface area contributed by atoms with Crippen LogP contribution < -0.4 is 11.1 Å². The number of hydrogen-bond donors (Lipinski definition) is 2. The zero-order valence-electron chi connectivity index (χ0n) is 12.4. The number of anilines is 2. The quantitative estimate of drug-likeness (QED) is 0.761. The Labute approximate surface area is 121 Å². The Hall–Kier alpha value is -1.81. The second kappa shape index (κ2) is 7.10. The number of pyridine rings is 1. The Balaban J connectivity index is 2.03. The van der Waals surface area contributed by atoms with Crippen molar-refractivity contribution in [3.63, 3.8) is 0 Å². The number of nitrogens with one attached hydrogen (secondary N) is 1. The average molecular weight is 272 g/mol. The Morgan fingerprint density at radius 2 is 2.05 bits per heavy atom. The van der Waals surface area contributed by atoms with Crippen molar-refractivity contribution in [2.75, 3.05) is 37.2 Å². The summed E-state index contributed by atoms with van der Waals surface area (Å²) in [5.41, 5.74) is 8.62. The molecular weight excluding hydrogens is 248 g/mol. The molecule has 0 radical (unpaired) electrons. The van der Waals surface area contributed by atoms with Gasteiger partial charge in [-0.05, 0) is 43.8 Å². The maximum Gasteiger partial charge on any atom is 0.0743 e. The molecule has 2 aromatic rings. The Morgan fingerprint density at radius 3 is 2.80 bits per heavy atom. The summed E-state index contributed by atoms with van der Waals surface area (Å²) in [5, 5.41) is 4.63. The van der Waals surface area contributed by atoms with E-state index in [9.17, 15) is 0 Å². The van der Waals surface area contributed by atoms with Gasteiger partial charge in [0.2, 0.25) is 0 Å². The zero-order chi connectivity index (χ0) is 14.4. The number of benzene rings is 1. The van der Waals surface area contributed by atoms with Crippen LogP contribution in [0.3, 0.4) is 0 Å². The van der Waals surface area contributed by atoms with Gasteiger partial charge in [0, 0.05) is 36.0 Å². The minimum atomic E-state index is 0.752. The maximum atomic E-state index is 5.80. The summed E-state index contributed by atoms with van der Waals surface area (Å²) in [6.45, 7) is 8.69. The number of hydrogen-bond acceptors (Lipinski definition) is 4. The van der Waals surface area contributed by atoms with E-state index in [1.807, 2.05) is 30.5 Å². The lowest BCUT2D eigenvalue weighted by Crippen LogP contribution is -2.29. The first-order valence-corrected chi connectivity index (χ1v) is 7.35. The molecule has 0 amide bonds. The molecule has 0 aliphatic rings. The van der Waals surface area contributed by atoms with Crippen LogP contribution in [-0.4, -0.2) is 36.1 Å². The van der Waals surface area contributed by atoms with Gasteiger partial charge in [-0.3, -0.25) is 4.98 Å². The van der Waals surface area contributed by atoms with Crippen molar-refractivity contribution in [3.05, 3.63) is 30.5 Å². The van der Waals surface area contributed by atoms with E-state index in [0.29, 0.717) is 0 Å². The zero-order valence-corrected chi connectivity index (χ0v) is 12.4. The first-order chi connectivity index (χ1) is 9.74. The van der Waals surface area contributed by atoms with E-state index in [1.54, 1.807) is 0 Å². The van der Waals surface area contributed by atoms with Crippen LogP contribution in [0.25, 0.3) is 10.9 Å². The predicted molar refractivity (Wildman–Crippen MR) is 87.1 cm³/mol. The van der Waals surface area contributed by atoms with Crippen LogP contribution in [0, 0.1) is 0 Å². The SMILES string of the molecule is CCCN(CC)CCNc1ccnc2cc(N)ccc12. The molecule has 108 valence electrons. The molecule has 0 saturated carbocycles. The number of nitrogens with zero attached hydrogens (tertiary/aromatic N) is 2. The van der Waals surface area contributed by atoms with E-state index < -0.39 is 0 Å². The summed E-state index contributed by atoms with van der Waals surface area (Å²) >= 11 is 0. The van der Waals surface area contributed by atoms with Gasteiger partial charge in [-0.2, -0.15) is 0 Å². The van der Waals surface area contributed by atoms with Gasteiger partial charge < -0.3 is 16.0 Å². The number of nitrogens with two attached hydrogens (primary N) is 1.